The Bertz CT molecular complexity index is 957. The molecule has 0 atom stereocenters. The lowest BCUT2D eigenvalue weighted by Crippen LogP contribution is -2.23. The molecule has 1 aromatic heterocycles. The number of nitrogens with zero attached hydrogens (tertiary/aromatic N) is 2. The number of hydrogen-bond donors (Lipinski definition) is 0. The molecule has 5 nitrogen and oxygen atoms in total. The summed E-state index contributed by atoms with van der Waals surface area (Å²) < 4.78 is 9.92. The third-order valence-electron chi connectivity index (χ3n) is 3.55. The van der Waals surface area contributed by atoms with Crippen molar-refractivity contribution >= 4 is 37.8 Å². The number of hydrogen-bond acceptors (Lipinski definition) is 3. The Morgan fingerprint density at radius 2 is 1.48 bits per heavy atom. The molecule has 3 rings (SSSR count). The van der Waals surface area contributed by atoms with Gasteiger partial charge in [-0.05, 0) is 55.5 Å². The van der Waals surface area contributed by atoms with Crippen LogP contribution in [0.15, 0.2) is 68.5 Å². The number of halogens is 2. The van der Waals surface area contributed by atoms with Crippen molar-refractivity contribution in [3.63, 3.8) is 0 Å². The van der Waals surface area contributed by atoms with Gasteiger partial charge in [0.05, 0.1) is 18.0 Å². The largest absolute Gasteiger partial charge is 0.462 e. The van der Waals surface area contributed by atoms with E-state index in [2.05, 4.69) is 31.9 Å². The zero-order valence-corrected chi connectivity index (χ0v) is 16.5. The molecule has 2 aromatic carbocycles. The number of benzene rings is 2. The number of rotatable bonds is 4. The first-order valence-electron chi connectivity index (χ1n) is 7.55. The first-order chi connectivity index (χ1) is 12.0. The minimum absolute atomic E-state index is 0.00677. The second kappa shape index (κ2) is 7.41. The SMILES string of the molecule is CCOC(=O)c1cn(-c2ccc(Br)cc2)n(-c2ccc(Br)cc2)c1=O. The maximum atomic E-state index is 12.9. The fraction of sp³-hybridized carbons (Fsp3) is 0.111. The van der Waals surface area contributed by atoms with Crippen LogP contribution in [0.2, 0.25) is 0 Å². The first kappa shape index (κ1) is 17.7. The van der Waals surface area contributed by atoms with Gasteiger partial charge in [-0.1, -0.05) is 31.9 Å². The molecule has 0 bridgehead atoms. The van der Waals surface area contributed by atoms with Crippen molar-refractivity contribution in [1.82, 2.24) is 9.36 Å². The van der Waals surface area contributed by atoms with Gasteiger partial charge in [0.15, 0.2) is 0 Å². The molecule has 0 fully saturated rings. The van der Waals surface area contributed by atoms with Gasteiger partial charge >= 0.3 is 5.97 Å². The van der Waals surface area contributed by atoms with E-state index in [0.717, 1.165) is 14.6 Å². The van der Waals surface area contributed by atoms with Crippen LogP contribution in [0, 0.1) is 0 Å². The molecular formula is C18H14Br2N2O3. The highest BCUT2D eigenvalue weighted by atomic mass is 79.9. The molecule has 0 amide bonds. The Hall–Kier alpha value is -2.12. The third kappa shape index (κ3) is 3.62. The second-order valence-corrected chi connectivity index (χ2v) is 7.01. The third-order valence-corrected chi connectivity index (χ3v) is 4.60. The Balaban J connectivity index is 2.23. The van der Waals surface area contributed by atoms with Crippen LogP contribution in [0.25, 0.3) is 11.4 Å². The molecule has 0 spiro atoms. The van der Waals surface area contributed by atoms with E-state index in [9.17, 15) is 9.59 Å². The van der Waals surface area contributed by atoms with E-state index in [-0.39, 0.29) is 12.2 Å². The maximum Gasteiger partial charge on any atom is 0.345 e. The fourth-order valence-electron chi connectivity index (χ4n) is 2.40. The van der Waals surface area contributed by atoms with Gasteiger partial charge in [-0.2, -0.15) is 0 Å². The number of esters is 1. The molecule has 0 saturated heterocycles. The lowest BCUT2D eigenvalue weighted by molar-refractivity contribution is 0.0525. The molecule has 128 valence electrons. The summed E-state index contributed by atoms with van der Waals surface area (Å²) >= 11 is 6.78. The van der Waals surface area contributed by atoms with E-state index < -0.39 is 11.5 Å². The van der Waals surface area contributed by atoms with Gasteiger partial charge in [-0.15, -0.1) is 0 Å². The summed E-state index contributed by atoms with van der Waals surface area (Å²) in [6, 6.07) is 14.7. The smallest absolute Gasteiger partial charge is 0.345 e. The monoisotopic (exact) mass is 464 g/mol. The van der Waals surface area contributed by atoms with E-state index in [1.807, 2.05) is 36.4 Å². The average molecular weight is 466 g/mol. The molecule has 7 heteroatoms. The molecule has 0 radical (unpaired) electrons. The van der Waals surface area contributed by atoms with Crippen LogP contribution in [-0.4, -0.2) is 21.9 Å². The Morgan fingerprint density at radius 1 is 0.960 bits per heavy atom. The maximum absolute atomic E-state index is 12.9. The molecule has 0 aliphatic heterocycles. The number of aromatic nitrogens is 2. The molecule has 0 aliphatic carbocycles. The van der Waals surface area contributed by atoms with Crippen LogP contribution >= 0.6 is 31.9 Å². The summed E-state index contributed by atoms with van der Waals surface area (Å²) in [5.74, 6) is -0.630. The minimum atomic E-state index is -0.630. The predicted molar refractivity (Wildman–Crippen MR) is 103 cm³/mol. The van der Waals surface area contributed by atoms with Crippen molar-refractivity contribution in [3.8, 4) is 11.4 Å². The van der Waals surface area contributed by atoms with Crippen molar-refractivity contribution in [2.75, 3.05) is 6.61 Å². The highest BCUT2D eigenvalue weighted by Gasteiger charge is 2.20. The van der Waals surface area contributed by atoms with E-state index >= 15 is 0 Å². The van der Waals surface area contributed by atoms with Crippen LogP contribution < -0.4 is 5.56 Å². The minimum Gasteiger partial charge on any atom is -0.462 e. The lowest BCUT2D eigenvalue weighted by atomic mass is 10.3. The van der Waals surface area contributed by atoms with Gasteiger partial charge in [0, 0.05) is 15.1 Å². The summed E-state index contributed by atoms with van der Waals surface area (Å²) in [7, 11) is 0. The summed E-state index contributed by atoms with van der Waals surface area (Å²) in [6.45, 7) is 1.91. The van der Waals surface area contributed by atoms with Gasteiger partial charge < -0.3 is 4.74 Å². The lowest BCUT2D eigenvalue weighted by Gasteiger charge is -2.11. The molecule has 0 saturated carbocycles. The van der Waals surface area contributed by atoms with Gasteiger partial charge in [-0.3, -0.25) is 9.48 Å². The number of carbonyl (C=O) groups excluding carboxylic acids is 1. The van der Waals surface area contributed by atoms with Gasteiger partial charge in [0.1, 0.15) is 5.56 Å². The van der Waals surface area contributed by atoms with Crippen LogP contribution in [0.3, 0.4) is 0 Å². The van der Waals surface area contributed by atoms with Crippen molar-refractivity contribution in [3.05, 3.63) is 79.6 Å². The second-order valence-electron chi connectivity index (χ2n) is 5.18. The molecule has 0 aliphatic rings. The van der Waals surface area contributed by atoms with Gasteiger partial charge in [0.2, 0.25) is 0 Å². The first-order valence-corrected chi connectivity index (χ1v) is 9.13. The van der Waals surface area contributed by atoms with E-state index in [1.165, 1.54) is 10.9 Å². The zero-order valence-electron chi connectivity index (χ0n) is 13.3. The molecule has 0 unspecified atom stereocenters. The normalized spacial score (nSPS) is 10.7. The highest BCUT2D eigenvalue weighted by Crippen LogP contribution is 2.18. The zero-order chi connectivity index (χ0) is 18.0. The quantitative estimate of drug-likeness (QED) is 0.539. The van der Waals surface area contributed by atoms with Gasteiger partial charge in [-0.25, -0.2) is 9.48 Å². The van der Waals surface area contributed by atoms with Crippen molar-refractivity contribution < 1.29 is 9.53 Å². The molecule has 1 heterocycles. The van der Waals surface area contributed by atoms with Crippen LogP contribution in [0.1, 0.15) is 17.3 Å². The fourth-order valence-corrected chi connectivity index (χ4v) is 2.93. The topological polar surface area (TPSA) is 53.2 Å². The Labute approximate surface area is 161 Å². The highest BCUT2D eigenvalue weighted by molar-refractivity contribution is 9.10. The standard InChI is InChI=1S/C18H14Br2N2O3/c1-2-25-18(24)16-11-21(14-7-3-12(19)4-8-14)22(17(16)23)15-9-5-13(20)6-10-15/h3-11H,2H2,1H3. The van der Waals surface area contributed by atoms with Crippen LogP contribution in [0.4, 0.5) is 0 Å². The average Bonchev–Trinajstić information content (AvgIpc) is 2.94. The van der Waals surface area contributed by atoms with E-state index in [0.29, 0.717) is 5.69 Å². The predicted octanol–water partition coefficient (Wildman–Crippen LogP) is 4.33. The van der Waals surface area contributed by atoms with Crippen molar-refractivity contribution in [1.29, 1.82) is 0 Å². The summed E-state index contributed by atoms with van der Waals surface area (Å²) in [5, 5.41) is 0. The molecule has 0 N–H and O–H groups in total. The molecule has 25 heavy (non-hydrogen) atoms. The van der Waals surface area contributed by atoms with E-state index in [4.69, 9.17) is 4.74 Å². The summed E-state index contributed by atoms with van der Waals surface area (Å²) in [6.07, 6.45) is 1.51. The van der Waals surface area contributed by atoms with Crippen LogP contribution in [0.5, 0.6) is 0 Å². The van der Waals surface area contributed by atoms with Crippen LogP contribution in [-0.2, 0) is 4.74 Å². The van der Waals surface area contributed by atoms with E-state index in [1.54, 1.807) is 23.7 Å². The number of ether oxygens (including phenoxy) is 1. The summed E-state index contributed by atoms with van der Waals surface area (Å²) in [4.78, 5) is 25.0. The Morgan fingerprint density at radius 3 is 2.00 bits per heavy atom. The molecule has 3 aromatic rings. The van der Waals surface area contributed by atoms with Gasteiger partial charge in [0.25, 0.3) is 5.56 Å². The van der Waals surface area contributed by atoms with Crippen molar-refractivity contribution in [2.45, 2.75) is 6.92 Å². The Kier molecular flexibility index (Phi) is 5.24. The summed E-state index contributed by atoms with van der Waals surface area (Å²) in [5.41, 5.74) is 0.960. The molecular weight excluding hydrogens is 452 g/mol. The number of carbonyl (C=O) groups is 1. The van der Waals surface area contributed by atoms with Crippen molar-refractivity contribution in [2.24, 2.45) is 0 Å².